The number of ether oxygens (including phenoxy) is 1. The van der Waals surface area contributed by atoms with E-state index in [0.717, 1.165) is 31.6 Å². The molecule has 0 saturated carbocycles. The van der Waals surface area contributed by atoms with Gasteiger partial charge in [0.25, 0.3) is 0 Å². The summed E-state index contributed by atoms with van der Waals surface area (Å²) in [6, 6.07) is 9.97. The number of likely N-dealkylation sites (tertiary alicyclic amines) is 1. The van der Waals surface area contributed by atoms with Crippen molar-refractivity contribution in [2.45, 2.75) is 32.2 Å². The average molecular weight is 338 g/mol. The maximum atomic E-state index is 12.0. The van der Waals surface area contributed by atoms with Crippen LogP contribution in [0.15, 0.2) is 24.3 Å². The van der Waals surface area contributed by atoms with Crippen LogP contribution >= 0.6 is 12.4 Å². The number of carbonyl (C=O) groups excluding carboxylic acids is 1. The summed E-state index contributed by atoms with van der Waals surface area (Å²) in [4.78, 5) is 13.7. The molecule has 1 heterocycles. The third-order valence-electron chi connectivity index (χ3n) is 3.82. The molecule has 1 fully saturated rings. The molecule has 5 nitrogen and oxygen atoms in total. The normalized spacial score (nSPS) is 16.5. The Morgan fingerprint density at radius 1 is 1.43 bits per heavy atom. The zero-order valence-corrected chi connectivity index (χ0v) is 14.3. The van der Waals surface area contributed by atoms with Crippen molar-refractivity contribution in [2.75, 3.05) is 26.2 Å². The molecule has 0 radical (unpaired) electrons. The van der Waals surface area contributed by atoms with E-state index in [-0.39, 0.29) is 24.4 Å². The standard InChI is InChI=1S/C17H23N3O2.ClH/c1-2-22-16-7-5-14(6-8-16)9-10-19-13-17(21)20-11-3-4-15(20)12-18;/h5-8,15,19H,2-4,9-11,13H2,1H3;1H/t15-;/m0./s1. The Bertz CT molecular complexity index is 528. The Balaban J connectivity index is 0.00000264. The van der Waals surface area contributed by atoms with Gasteiger partial charge in [0.2, 0.25) is 5.91 Å². The third kappa shape index (κ3) is 5.74. The lowest BCUT2D eigenvalue weighted by atomic mass is 10.1. The maximum Gasteiger partial charge on any atom is 0.237 e. The fourth-order valence-corrected chi connectivity index (χ4v) is 2.65. The first kappa shape index (κ1) is 19.3. The van der Waals surface area contributed by atoms with Gasteiger partial charge >= 0.3 is 0 Å². The Labute approximate surface area is 144 Å². The topological polar surface area (TPSA) is 65.4 Å². The van der Waals surface area contributed by atoms with Crippen LogP contribution < -0.4 is 10.1 Å². The SMILES string of the molecule is CCOc1ccc(CCNCC(=O)N2CCC[C@H]2C#N)cc1.Cl. The van der Waals surface area contributed by atoms with Crippen LogP contribution in [0.1, 0.15) is 25.3 Å². The Hall–Kier alpha value is -1.77. The summed E-state index contributed by atoms with van der Waals surface area (Å²) in [5, 5.41) is 12.2. The molecular weight excluding hydrogens is 314 g/mol. The van der Waals surface area contributed by atoms with E-state index in [9.17, 15) is 4.79 Å². The van der Waals surface area contributed by atoms with Crippen molar-refractivity contribution in [3.05, 3.63) is 29.8 Å². The van der Waals surface area contributed by atoms with Gasteiger partial charge in [-0.25, -0.2) is 0 Å². The van der Waals surface area contributed by atoms with Crippen LogP contribution in [0.2, 0.25) is 0 Å². The van der Waals surface area contributed by atoms with Crippen LogP contribution in [0.5, 0.6) is 5.75 Å². The molecule has 1 atom stereocenters. The number of nitrogens with one attached hydrogen (secondary N) is 1. The number of amides is 1. The minimum absolute atomic E-state index is 0. The van der Waals surface area contributed by atoms with Crippen LogP contribution in [-0.4, -0.2) is 43.1 Å². The van der Waals surface area contributed by atoms with Crippen molar-refractivity contribution in [1.82, 2.24) is 10.2 Å². The molecule has 1 aliphatic rings. The first-order chi connectivity index (χ1) is 10.7. The lowest BCUT2D eigenvalue weighted by Gasteiger charge is -2.19. The summed E-state index contributed by atoms with van der Waals surface area (Å²) < 4.78 is 5.40. The highest BCUT2D eigenvalue weighted by atomic mass is 35.5. The van der Waals surface area contributed by atoms with Gasteiger partial charge in [-0.05, 0) is 50.4 Å². The molecule has 1 aliphatic heterocycles. The van der Waals surface area contributed by atoms with E-state index >= 15 is 0 Å². The lowest BCUT2D eigenvalue weighted by molar-refractivity contribution is -0.130. The van der Waals surface area contributed by atoms with Crippen LogP contribution in [-0.2, 0) is 11.2 Å². The molecule has 1 aromatic carbocycles. The van der Waals surface area contributed by atoms with Gasteiger partial charge in [0.1, 0.15) is 11.8 Å². The molecule has 23 heavy (non-hydrogen) atoms. The van der Waals surface area contributed by atoms with Gasteiger partial charge in [-0.2, -0.15) is 5.26 Å². The van der Waals surface area contributed by atoms with Gasteiger partial charge in [0, 0.05) is 6.54 Å². The van der Waals surface area contributed by atoms with Crippen LogP contribution in [0.3, 0.4) is 0 Å². The number of hydrogen-bond acceptors (Lipinski definition) is 4. The van der Waals surface area contributed by atoms with Gasteiger partial charge in [-0.15, -0.1) is 12.4 Å². The van der Waals surface area contributed by atoms with Crippen LogP contribution in [0.25, 0.3) is 0 Å². The summed E-state index contributed by atoms with van der Waals surface area (Å²) in [5.41, 5.74) is 1.21. The number of nitriles is 1. The molecule has 6 heteroatoms. The molecule has 126 valence electrons. The van der Waals surface area contributed by atoms with Crippen molar-refractivity contribution in [1.29, 1.82) is 5.26 Å². The molecule has 0 bridgehead atoms. The first-order valence-electron chi connectivity index (χ1n) is 7.86. The molecule has 0 aromatic heterocycles. The molecule has 1 amide bonds. The van der Waals surface area contributed by atoms with E-state index in [1.807, 2.05) is 31.2 Å². The second-order valence-electron chi connectivity index (χ2n) is 5.38. The van der Waals surface area contributed by atoms with Crippen molar-refractivity contribution < 1.29 is 9.53 Å². The number of rotatable bonds is 7. The molecule has 0 spiro atoms. The van der Waals surface area contributed by atoms with E-state index < -0.39 is 0 Å². The van der Waals surface area contributed by atoms with Gasteiger partial charge in [-0.1, -0.05) is 12.1 Å². The minimum atomic E-state index is -0.236. The van der Waals surface area contributed by atoms with E-state index in [4.69, 9.17) is 10.00 Å². The maximum absolute atomic E-state index is 12.0. The minimum Gasteiger partial charge on any atom is -0.494 e. The Morgan fingerprint density at radius 2 is 2.17 bits per heavy atom. The summed E-state index contributed by atoms with van der Waals surface area (Å²) >= 11 is 0. The highest BCUT2D eigenvalue weighted by Gasteiger charge is 2.27. The average Bonchev–Trinajstić information content (AvgIpc) is 3.02. The molecule has 0 unspecified atom stereocenters. The molecule has 2 rings (SSSR count). The van der Waals surface area contributed by atoms with Gasteiger partial charge in [0.05, 0.1) is 19.2 Å². The smallest absolute Gasteiger partial charge is 0.237 e. The van der Waals surface area contributed by atoms with E-state index in [1.54, 1.807) is 4.90 Å². The van der Waals surface area contributed by atoms with E-state index in [2.05, 4.69) is 11.4 Å². The highest BCUT2D eigenvalue weighted by Crippen LogP contribution is 2.16. The quantitative estimate of drug-likeness (QED) is 0.774. The second-order valence-corrected chi connectivity index (χ2v) is 5.38. The number of benzene rings is 1. The van der Waals surface area contributed by atoms with Crippen molar-refractivity contribution >= 4 is 18.3 Å². The van der Waals surface area contributed by atoms with Crippen LogP contribution in [0, 0.1) is 11.3 Å². The Morgan fingerprint density at radius 3 is 2.83 bits per heavy atom. The van der Waals surface area contributed by atoms with Crippen molar-refractivity contribution in [3.63, 3.8) is 0 Å². The van der Waals surface area contributed by atoms with Crippen molar-refractivity contribution in [3.8, 4) is 11.8 Å². The fraction of sp³-hybridized carbons (Fsp3) is 0.529. The van der Waals surface area contributed by atoms with Crippen LogP contribution in [0.4, 0.5) is 0 Å². The zero-order chi connectivity index (χ0) is 15.8. The van der Waals surface area contributed by atoms with E-state index in [1.165, 1.54) is 5.56 Å². The third-order valence-corrected chi connectivity index (χ3v) is 3.82. The molecule has 0 aliphatic carbocycles. The molecule has 1 aromatic rings. The lowest BCUT2D eigenvalue weighted by Crippen LogP contribution is -2.40. The number of halogens is 1. The number of nitrogens with zero attached hydrogens (tertiary/aromatic N) is 2. The summed E-state index contributed by atoms with van der Waals surface area (Å²) in [5.74, 6) is 0.904. The molecule has 1 N–H and O–H groups in total. The van der Waals surface area contributed by atoms with Gasteiger partial charge in [0.15, 0.2) is 0 Å². The highest BCUT2D eigenvalue weighted by molar-refractivity contribution is 5.85. The monoisotopic (exact) mass is 337 g/mol. The molecular formula is C17H24ClN3O2. The first-order valence-corrected chi connectivity index (χ1v) is 7.86. The number of carbonyl (C=O) groups is 1. The summed E-state index contributed by atoms with van der Waals surface area (Å²) in [7, 11) is 0. The fourth-order valence-electron chi connectivity index (χ4n) is 2.65. The van der Waals surface area contributed by atoms with Crippen molar-refractivity contribution in [2.24, 2.45) is 0 Å². The van der Waals surface area contributed by atoms with Gasteiger partial charge in [-0.3, -0.25) is 4.79 Å². The largest absolute Gasteiger partial charge is 0.494 e. The van der Waals surface area contributed by atoms with E-state index in [0.29, 0.717) is 19.7 Å². The molecule has 1 saturated heterocycles. The summed E-state index contributed by atoms with van der Waals surface area (Å²) in [6.07, 6.45) is 2.59. The second kappa shape index (κ2) is 10.1. The zero-order valence-electron chi connectivity index (χ0n) is 13.5. The van der Waals surface area contributed by atoms with Gasteiger partial charge < -0.3 is 15.0 Å². The number of hydrogen-bond donors (Lipinski definition) is 1. The summed E-state index contributed by atoms with van der Waals surface area (Å²) in [6.45, 7) is 4.38. The Kier molecular flexibility index (Phi) is 8.46. The predicted octanol–water partition coefficient (Wildman–Crippen LogP) is 2.15. The predicted molar refractivity (Wildman–Crippen MR) is 91.8 cm³/mol.